The summed E-state index contributed by atoms with van der Waals surface area (Å²) in [5.74, 6) is 3.66. The molecule has 0 saturated heterocycles. The minimum absolute atomic E-state index is 0.106. The molecule has 0 bridgehead atoms. The molecule has 0 aliphatic rings. The van der Waals surface area contributed by atoms with Crippen LogP contribution in [0.5, 0.6) is 34.5 Å². The highest BCUT2D eigenvalue weighted by atomic mass is 28.4. The lowest BCUT2D eigenvalue weighted by Crippen LogP contribution is -2.67. The van der Waals surface area contributed by atoms with E-state index in [0.717, 1.165) is 11.1 Å². The van der Waals surface area contributed by atoms with Crippen molar-refractivity contribution in [1.29, 1.82) is 0 Å². The lowest BCUT2D eigenvalue weighted by Gasteiger charge is -2.45. The van der Waals surface area contributed by atoms with Gasteiger partial charge in [-0.25, -0.2) is 0 Å². The summed E-state index contributed by atoms with van der Waals surface area (Å²) in [7, 11) is 6.90. The number of hydrogen-bond acceptors (Lipinski definition) is 8. The maximum atomic E-state index is 9.81. The fourth-order valence-corrected chi connectivity index (χ4v) is 11.4. The van der Waals surface area contributed by atoms with Crippen LogP contribution < -0.4 is 38.8 Å². The summed E-state index contributed by atoms with van der Waals surface area (Å²) in [6.45, 7) is 14.5. The van der Waals surface area contributed by atoms with Crippen molar-refractivity contribution in [2.45, 2.75) is 63.7 Å². The lowest BCUT2D eigenvalue weighted by molar-refractivity contribution is 0.177. The lowest BCUT2D eigenvalue weighted by atomic mass is 10.0. The van der Waals surface area contributed by atoms with E-state index in [9.17, 15) is 5.11 Å². The molecule has 9 heteroatoms. The Morgan fingerprint density at radius 3 is 1.34 bits per heavy atom. The van der Waals surface area contributed by atoms with Gasteiger partial charge in [0.05, 0.1) is 54.9 Å². The number of rotatable bonds is 18. The molecule has 0 aliphatic heterocycles. The van der Waals surface area contributed by atoms with E-state index in [4.69, 9.17) is 32.8 Å². The summed E-state index contributed by atoms with van der Waals surface area (Å²) in [4.78, 5) is 0. The summed E-state index contributed by atoms with van der Waals surface area (Å²) in [6, 6.07) is 29.0. The molecular formula is C44H58O8Si. The van der Waals surface area contributed by atoms with Crippen LogP contribution in [0.4, 0.5) is 0 Å². The SMILES string of the molecule is C=CCC(Cc1ccc(OC)c(OC)c1OC)O[Si](c1ccccc1)(c1ccccc1)C(C)(C)C.C=CCC(O)Cc1ccc(OC)c(OC)c1OC. The average molecular weight is 743 g/mol. The van der Waals surface area contributed by atoms with E-state index in [1.807, 2.05) is 24.3 Å². The Hall–Kier alpha value is -4.70. The molecule has 0 amide bonds. The van der Waals surface area contributed by atoms with Gasteiger partial charge in [-0.2, -0.15) is 0 Å². The molecule has 0 saturated carbocycles. The highest BCUT2D eigenvalue weighted by molar-refractivity contribution is 6.99. The van der Waals surface area contributed by atoms with E-state index in [1.165, 1.54) is 10.4 Å². The van der Waals surface area contributed by atoms with Gasteiger partial charge < -0.3 is 38.0 Å². The average Bonchev–Trinajstić information content (AvgIpc) is 3.16. The van der Waals surface area contributed by atoms with Crippen molar-refractivity contribution in [3.05, 3.63) is 121 Å². The van der Waals surface area contributed by atoms with Gasteiger partial charge >= 0.3 is 0 Å². The Morgan fingerprint density at radius 2 is 0.981 bits per heavy atom. The van der Waals surface area contributed by atoms with Gasteiger partial charge in [0.15, 0.2) is 23.0 Å². The molecule has 0 aromatic heterocycles. The maximum Gasteiger partial charge on any atom is 0.261 e. The van der Waals surface area contributed by atoms with Crippen LogP contribution in [0.2, 0.25) is 5.04 Å². The second-order valence-corrected chi connectivity index (χ2v) is 17.8. The number of aliphatic hydroxyl groups is 1. The molecule has 286 valence electrons. The van der Waals surface area contributed by atoms with E-state index in [0.29, 0.717) is 60.2 Å². The van der Waals surface area contributed by atoms with Crippen LogP contribution in [-0.4, -0.2) is 68.3 Å². The summed E-state index contributed by atoms with van der Waals surface area (Å²) >= 11 is 0. The molecule has 1 N–H and O–H groups in total. The Kier molecular flexibility index (Phi) is 16.5. The Balaban J connectivity index is 0.000000353. The molecule has 0 fully saturated rings. The zero-order valence-corrected chi connectivity index (χ0v) is 33.9. The molecule has 0 aliphatic carbocycles. The predicted molar refractivity (Wildman–Crippen MR) is 218 cm³/mol. The van der Waals surface area contributed by atoms with Gasteiger partial charge in [-0.05, 0) is 40.4 Å². The van der Waals surface area contributed by atoms with Gasteiger partial charge in [-0.3, -0.25) is 0 Å². The van der Waals surface area contributed by atoms with E-state index in [2.05, 4.69) is 94.6 Å². The van der Waals surface area contributed by atoms with Crippen molar-refractivity contribution in [3.63, 3.8) is 0 Å². The number of hydrogen-bond donors (Lipinski definition) is 1. The zero-order valence-electron chi connectivity index (χ0n) is 32.9. The molecule has 0 heterocycles. The molecule has 0 spiro atoms. The van der Waals surface area contributed by atoms with Crippen LogP contribution in [0, 0.1) is 0 Å². The summed E-state index contributed by atoms with van der Waals surface area (Å²) in [5, 5.41) is 12.2. The quantitative estimate of drug-likeness (QED) is 0.0813. The van der Waals surface area contributed by atoms with Gasteiger partial charge in [0.2, 0.25) is 11.5 Å². The Bertz CT molecular complexity index is 1680. The van der Waals surface area contributed by atoms with Gasteiger partial charge in [0.1, 0.15) is 0 Å². The van der Waals surface area contributed by atoms with Crippen LogP contribution in [0.1, 0.15) is 44.7 Å². The molecule has 2 atom stereocenters. The van der Waals surface area contributed by atoms with Gasteiger partial charge in [0.25, 0.3) is 8.32 Å². The van der Waals surface area contributed by atoms with E-state index in [1.54, 1.807) is 54.8 Å². The minimum atomic E-state index is -2.72. The number of benzene rings is 4. The third-order valence-corrected chi connectivity index (χ3v) is 14.2. The molecule has 0 radical (unpaired) electrons. The fourth-order valence-electron chi connectivity index (χ4n) is 6.72. The number of aliphatic hydroxyl groups excluding tert-OH is 1. The molecule has 4 rings (SSSR count). The molecule has 4 aromatic rings. The smallest absolute Gasteiger partial charge is 0.261 e. The van der Waals surface area contributed by atoms with Gasteiger partial charge in [0, 0.05) is 24.0 Å². The van der Waals surface area contributed by atoms with E-state index < -0.39 is 14.4 Å². The molecule has 8 nitrogen and oxygen atoms in total. The summed E-state index contributed by atoms with van der Waals surface area (Å²) in [6.07, 6.45) is 5.43. The highest BCUT2D eigenvalue weighted by Crippen LogP contribution is 2.43. The van der Waals surface area contributed by atoms with Crippen molar-refractivity contribution in [2.24, 2.45) is 0 Å². The monoisotopic (exact) mass is 742 g/mol. The third-order valence-electron chi connectivity index (χ3n) is 9.10. The van der Waals surface area contributed by atoms with Crippen molar-refractivity contribution >= 4 is 18.7 Å². The maximum absolute atomic E-state index is 9.81. The van der Waals surface area contributed by atoms with Crippen LogP contribution in [0.3, 0.4) is 0 Å². The Labute approximate surface area is 318 Å². The normalized spacial score (nSPS) is 12.3. The van der Waals surface area contributed by atoms with Gasteiger partial charge in [-0.1, -0.05) is 106 Å². The largest absolute Gasteiger partial charge is 0.493 e. The first-order valence-electron chi connectivity index (χ1n) is 17.7. The van der Waals surface area contributed by atoms with E-state index >= 15 is 0 Å². The second-order valence-electron chi connectivity index (χ2n) is 13.5. The topological polar surface area (TPSA) is 84.8 Å². The first-order valence-corrected chi connectivity index (χ1v) is 19.6. The summed E-state index contributed by atoms with van der Waals surface area (Å²) < 4.78 is 40.1. The van der Waals surface area contributed by atoms with Crippen LogP contribution >= 0.6 is 0 Å². The highest BCUT2D eigenvalue weighted by Gasteiger charge is 2.51. The standard InChI is InChI=1S/C30H38O4Si.C14H20O4/c1-8-15-24(22-23-20-21-27(31-5)29(33-7)28(23)32-6)34-35(30(2,3)4,25-16-11-9-12-17-25)26-18-13-10-14-19-26;1-5-6-11(15)9-10-7-8-12(16-2)14(18-4)13(10)17-3/h8-14,16-21,24H,1,15,22H2,2-7H3;5,7-8,11,15H,1,6,9H2,2-4H3. The number of ether oxygens (including phenoxy) is 6. The number of methoxy groups -OCH3 is 6. The van der Waals surface area contributed by atoms with Crippen LogP contribution in [-0.2, 0) is 17.3 Å². The fraction of sp³-hybridized carbons (Fsp3) is 0.364. The molecule has 53 heavy (non-hydrogen) atoms. The first kappa shape index (κ1) is 42.7. The Morgan fingerprint density at radius 1 is 0.566 bits per heavy atom. The van der Waals surface area contributed by atoms with Crippen molar-refractivity contribution < 1.29 is 38.0 Å². The van der Waals surface area contributed by atoms with Crippen molar-refractivity contribution in [1.82, 2.24) is 0 Å². The molecular weight excluding hydrogens is 685 g/mol. The molecule has 4 aromatic carbocycles. The summed E-state index contributed by atoms with van der Waals surface area (Å²) in [5.41, 5.74) is 1.89. The molecule has 2 unspecified atom stereocenters. The van der Waals surface area contributed by atoms with Gasteiger partial charge in [-0.15, -0.1) is 13.2 Å². The third kappa shape index (κ3) is 10.3. The first-order chi connectivity index (χ1) is 25.5. The van der Waals surface area contributed by atoms with Crippen molar-refractivity contribution in [2.75, 3.05) is 42.7 Å². The van der Waals surface area contributed by atoms with Crippen molar-refractivity contribution in [3.8, 4) is 34.5 Å². The van der Waals surface area contributed by atoms with Crippen LogP contribution in [0.25, 0.3) is 0 Å². The zero-order chi connectivity index (χ0) is 39.0. The second kappa shape index (κ2) is 20.5. The predicted octanol–water partition coefficient (Wildman–Crippen LogP) is 7.97. The van der Waals surface area contributed by atoms with E-state index in [-0.39, 0.29) is 11.1 Å². The minimum Gasteiger partial charge on any atom is -0.493 e. The van der Waals surface area contributed by atoms with Crippen LogP contribution in [0.15, 0.2) is 110 Å².